The Labute approximate surface area is 164 Å². The number of amides is 1. The van der Waals surface area contributed by atoms with Crippen LogP contribution in [0.15, 0.2) is 40.0 Å². The van der Waals surface area contributed by atoms with Gasteiger partial charge in [0.2, 0.25) is 11.0 Å². The Bertz CT molecular complexity index is 869. The van der Waals surface area contributed by atoms with Gasteiger partial charge in [0, 0.05) is 30.1 Å². The molecular formula is C17H19N5O5S. The van der Waals surface area contributed by atoms with Crippen LogP contribution in [0, 0.1) is 0 Å². The first-order valence-electron chi connectivity index (χ1n) is 8.29. The standard InChI is InChI=1S/C17H19N5O5S/c18-12(16(26)27)3-5-14(23)20-11-2-4-13(10(9-11)1-6-15(24)25)21-22-17-19-7-8-28-17/h2,4,7-9,12H,1,3,5-6,18H2,(H,20,23)(H,24,25)(H,26,27). The quantitative estimate of drug-likeness (QED) is 0.441. The van der Waals surface area contributed by atoms with Crippen molar-refractivity contribution >= 4 is 45.7 Å². The highest BCUT2D eigenvalue weighted by molar-refractivity contribution is 7.13. The molecule has 2 rings (SSSR count). The molecule has 5 N–H and O–H groups in total. The lowest BCUT2D eigenvalue weighted by atomic mass is 10.1. The number of aliphatic carboxylic acids is 2. The van der Waals surface area contributed by atoms with Gasteiger partial charge in [0.05, 0.1) is 5.69 Å². The van der Waals surface area contributed by atoms with Crippen molar-refractivity contribution in [3.05, 3.63) is 35.3 Å². The van der Waals surface area contributed by atoms with Crippen LogP contribution in [0.2, 0.25) is 0 Å². The summed E-state index contributed by atoms with van der Waals surface area (Å²) in [5, 5.41) is 30.7. The van der Waals surface area contributed by atoms with E-state index in [9.17, 15) is 14.4 Å². The van der Waals surface area contributed by atoms with E-state index in [0.717, 1.165) is 0 Å². The number of carboxylic acids is 2. The van der Waals surface area contributed by atoms with Crippen LogP contribution in [0.3, 0.4) is 0 Å². The van der Waals surface area contributed by atoms with Gasteiger partial charge in [-0.05, 0) is 36.6 Å². The zero-order chi connectivity index (χ0) is 20.5. The van der Waals surface area contributed by atoms with Gasteiger partial charge in [0.1, 0.15) is 6.04 Å². The normalized spacial score (nSPS) is 12.0. The monoisotopic (exact) mass is 405 g/mol. The van der Waals surface area contributed by atoms with Gasteiger partial charge in [0.15, 0.2) is 0 Å². The minimum absolute atomic E-state index is 0.00709. The molecule has 0 aliphatic rings. The van der Waals surface area contributed by atoms with Crippen molar-refractivity contribution in [1.82, 2.24) is 4.98 Å². The Kier molecular flexibility index (Phi) is 7.72. The number of hydrogen-bond acceptors (Lipinski definition) is 8. The molecule has 0 bridgehead atoms. The Morgan fingerprint density at radius 3 is 2.64 bits per heavy atom. The van der Waals surface area contributed by atoms with Crippen LogP contribution in [0.4, 0.5) is 16.5 Å². The maximum absolute atomic E-state index is 12.0. The van der Waals surface area contributed by atoms with Crippen molar-refractivity contribution in [2.24, 2.45) is 16.0 Å². The lowest BCUT2D eigenvalue weighted by Crippen LogP contribution is -2.31. The minimum Gasteiger partial charge on any atom is -0.481 e. The summed E-state index contributed by atoms with van der Waals surface area (Å²) in [5.41, 5.74) is 6.90. The smallest absolute Gasteiger partial charge is 0.320 e. The lowest BCUT2D eigenvalue weighted by molar-refractivity contribution is -0.139. The highest BCUT2D eigenvalue weighted by Gasteiger charge is 2.14. The summed E-state index contributed by atoms with van der Waals surface area (Å²) in [6.07, 6.45) is 1.65. The SMILES string of the molecule is NC(CCC(=O)Nc1ccc(N=Nc2nccs2)c(CCC(=O)O)c1)C(=O)O. The van der Waals surface area contributed by atoms with Crippen LogP contribution in [-0.2, 0) is 20.8 Å². The van der Waals surface area contributed by atoms with E-state index >= 15 is 0 Å². The molecule has 0 spiro atoms. The van der Waals surface area contributed by atoms with Crippen molar-refractivity contribution in [3.8, 4) is 0 Å². The number of carbonyl (C=O) groups excluding carboxylic acids is 1. The van der Waals surface area contributed by atoms with Crippen LogP contribution in [0.25, 0.3) is 0 Å². The largest absolute Gasteiger partial charge is 0.481 e. The lowest BCUT2D eigenvalue weighted by Gasteiger charge is -2.10. The predicted molar refractivity (Wildman–Crippen MR) is 102 cm³/mol. The molecule has 0 radical (unpaired) electrons. The summed E-state index contributed by atoms with van der Waals surface area (Å²) in [7, 11) is 0. The minimum atomic E-state index is -1.17. The molecule has 1 amide bonds. The zero-order valence-electron chi connectivity index (χ0n) is 14.7. The summed E-state index contributed by atoms with van der Waals surface area (Å²) in [6, 6.07) is 3.74. The van der Waals surface area contributed by atoms with Crippen molar-refractivity contribution in [3.63, 3.8) is 0 Å². The third kappa shape index (κ3) is 6.85. The fourth-order valence-electron chi connectivity index (χ4n) is 2.20. The van der Waals surface area contributed by atoms with Gasteiger partial charge in [-0.2, -0.15) is 0 Å². The average molecular weight is 405 g/mol. The Morgan fingerprint density at radius 1 is 1.21 bits per heavy atom. The average Bonchev–Trinajstić information content (AvgIpc) is 3.17. The summed E-state index contributed by atoms with van der Waals surface area (Å²) < 4.78 is 0. The molecule has 1 atom stereocenters. The van der Waals surface area contributed by atoms with E-state index in [1.54, 1.807) is 29.8 Å². The molecule has 0 fully saturated rings. The van der Waals surface area contributed by atoms with Crippen LogP contribution in [0.1, 0.15) is 24.8 Å². The summed E-state index contributed by atoms with van der Waals surface area (Å²) in [6.45, 7) is 0. The number of carboxylic acid groups (broad SMARTS) is 2. The molecule has 10 nitrogen and oxygen atoms in total. The third-order valence-electron chi connectivity index (χ3n) is 3.63. The van der Waals surface area contributed by atoms with E-state index in [4.69, 9.17) is 15.9 Å². The zero-order valence-corrected chi connectivity index (χ0v) is 15.6. The molecule has 2 aromatic rings. The van der Waals surface area contributed by atoms with Gasteiger partial charge < -0.3 is 21.3 Å². The number of nitrogens with zero attached hydrogens (tertiary/aromatic N) is 3. The van der Waals surface area contributed by atoms with E-state index in [1.807, 2.05) is 0 Å². The van der Waals surface area contributed by atoms with E-state index in [0.29, 0.717) is 22.1 Å². The van der Waals surface area contributed by atoms with Crippen LogP contribution >= 0.6 is 11.3 Å². The van der Waals surface area contributed by atoms with E-state index in [2.05, 4.69) is 20.5 Å². The number of hydrogen-bond donors (Lipinski definition) is 4. The van der Waals surface area contributed by atoms with E-state index < -0.39 is 23.9 Å². The maximum Gasteiger partial charge on any atom is 0.320 e. The summed E-state index contributed by atoms with van der Waals surface area (Å²) >= 11 is 1.31. The molecule has 11 heteroatoms. The topological polar surface area (TPSA) is 167 Å². The highest BCUT2D eigenvalue weighted by Crippen LogP contribution is 2.27. The number of azo groups is 1. The summed E-state index contributed by atoms with van der Waals surface area (Å²) in [4.78, 5) is 37.6. The molecular weight excluding hydrogens is 386 g/mol. The number of anilines is 1. The van der Waals surface area contributed by atoms with E-state index in [1.165, 1.54) is 11.3 Å². The number of carbonyl (C=O) groups is 3. The number of thiazole rings is 1. The Hall–Kier alpha value is -3.18. The predicted octanol–water partition coefficient (Wildman–Crippen LogP) is 2.71. The van der Waals surface area contributed by atoms with Crippen LogP contribution < -0.4 is 11.1 Å². The second-order valence-electron chi connectivity index (χ2n) is 5.78. The molecule has 1 unspecified atom stereocenters. The molecule has 148 valence electrons. The fourth-order valence-corrected chi connectivity index (χ4v) is 2.65. The van der Waals surface area contributed by atoms with Crippen molar-refractivity contribution in [1.29, 1.82) is 0 Å². The molecule has 0 aliphatic heterocycles. The molecule has 28 heavy (non-hydrogen) atoms. The first-order chi connectivity index (χ1) is 13.3. The van der Waals surface area contributed by atoms with Crippen LogP contribution in [-0.4, -0.2) is 39.1 Å². The van der Waals surface area contributed by atoms with Gasteiger partial charge >= 0.3 is 11.9 Å². The fraction of sp³-hybridized carbons (Fsp3) is 0.294. The van der Waals surface area contributed by atoms with Crippen molar-refractivity contribution in [2.45, 2.75) is 31.7 Å². The molecule has 1 aromatic carbocycles. The number of rotatable bonds is 10. The molecule has 1 heterocycles. The van der Waals surface area contributed by atoms with Gasteiger partial charge in [-0.3, -0.25) is 14.4 Å². The van der Waals surface area contributed by atoms with Gasteiger partial charge in [-0.15, -0.1) is 21.6 Å². The van der Waals surface area contributed by atoms with E-state index in [-0.39, 0.29) is 25.7 Å². The second-order valence-corrected chi connectivity index (χ2v) is 6.66. The molecule has 0 saturated heterocycles. The van der Waals surface area contributed by atoms with Gasteiger partial charge in [-0.25, -0.2) is 4.98 Å². The number of aryl methyl sites for hydroxylation is 1. The maximum atomic E-state index is 12.0. The Morgan fingerprint density at radius 2 is 2.00 bits per heavy atom. The number of benzene rings is 1. The van der Waals surface area contributed by atoms with Crippen molar-refractivity contribution < 1.29 is 24.6 Å². The highest BCUT2D eigenvalue weighted by atomic mass is 32.1. The molecule has 0 saturated carbocycles. The molecule has 1 aromatic heterocycles. The number of aromatic nitrogens is 1. The molecule has 0 aliphatic carbocycles. The van der Waals surface area contributed by atoms with Gasteiger partial charge in [-0.1, -0.05) is 0 Å². The van der Waals surface area contributed by atoms with Crippen LogP contribution in [0.5, 0.6) is 0 Å². The Balaban J connectivity index is 2.10. The first kappa shape index (κ1) is 21.1. The first-order valence-corrected chi connectivity index (χ1v) is 9.17. The van der Waals surface area contributed by atoms with Gasteiger partial charge in [0.25, 0.3) is 0 Å². The summed E-state index contributed by atoms with van der Waals surface area (Å²) in [5.74, 6) is -2.52. The second kappa shape index (κ2) is 10.2. The third-order valence-corrected chi connectivity index (χ3v) is 4.29. The number of nitrogens with one attached hydrogen (secondary N) is 1. The number of nitrogens with two attached hydrogens (primary N) is 1. The van der Waals surface area contributed by atoms with Crippen molar-refractivity contribution in [2.75, 3.05) is 5.32 Å².